The summed E-state index contributed by atoms with van der Waals surface area (Å²) in [6, 6.07) is 8.81. The summed E-state index contributed by atoms with van der Waals surface area (Å²) in [5, 5.41) is 18.9. The van der Waals surface area contributed by atoms with Gasteiger partial charge in [-0.2, -0.15) is 0 Å². The first kappa shape index (κ1) is 19.4. The first-order chi connectivity index (χ1) is 13.5. The number of thioether (sulfide) groups is 1. The Morgan fingerprint density at radius 1 is 1.21 bits per heavy atom. The van der Waals surface area contributed by atoms with Crippen LogP contribution < -0.4 is 0 Å². The van der Waals surface area contributed by atoms with Crippen LogP contribution in [0.2, 0.25) is 10.0 Å². The molecule has 1 saturated heterocycles. The monoisotopic (exact) mass is 449 g/mol. The van der Waals surface area contributed by atoms with Gasteiger partial charge in [-0.05, 0) is 42.8 Å². The highest BCUT2D eigenvalue weighted by Gasteiger charge is 2.39. The largest absolute Gasteiger partial charge is 0.457 e. The van der Waals surface area contributed by atoms with Crippen molar-refractivity contribution >= 4 is 63.2 Å². The molecule has 0 unspecified atom stereocenters. The molecule has 1 aromatic carbocycles. The lowest BCUT2D eigenvalue weighted by atomic mass is 10.1. The number of rotatable bonds is 4. The predicted octanol–water partition coefficient (Wildman–Crippen LogP) is 6.09. The van der Waals surface area contributed by atoms with Gasteiger partial charge in [0.05, 0.1) is 20.0 Å². The Labute approximate surface area is 179 Å². The molecule has 1 N–H and O–H groups in total. The van der Waals surface area contributed by atoms with Crippen LogP contribution in [0, 0.1) is 5.41 Å². The smallest absolute Gasteiger partial charge is 0.186 e. The number of ketones is 1. The number of hydrogen-bond acceptors (Lipinski definition) is 7. The minimum atomic E-state index is -0.668. The van der Waals surface area contributed by atoms with Gasteiger partial charge in [-0.15, -0.1) is 21.5 Å². The molecule has 0 radical (unpaired) electrons. The maximum atomic E-state index is 12.8. The average Bonchev–Trinajstić information content (AvgIpc) is 3.38. The van der Waals surface area contributed by atoms with Crippen LogP contribution >= 0.6 is 46.3 Å². The van der Waals surface area contributed by atoms with Gasteiger partial charge in [0.25, 0.3) is 0 Å². The van der Waals surface area contributed by atoms with E-state index in [1.54, 1.807) is 30.3 Å². The molecule has 0 spiro atoms. The third kappa shape index (κ3) is 3.67. The number of hydrogen-bond donors (Lipinski definition) is 1. The van der Waals surface area contributed by atoms with E-state index in [4.69, 9.17) is 33.0 Å². The first-order valence-electron chi connectivity index (χ1n) is 8.36. The van der Waals surface area contributed by atoms with Gasteiger partial charge in [-0.1, -0.05) is 41.9 Å². The van der Waals surface area contributed by atoms with Crippen molar-refractivity contribution in [3.8, 4) is 11.3 Å². The highest BCUT2D eigenvalue weighted by atomic mass is 35.5. The summed E-state index contributed by atoms with van der Waals surface area (Å²) >= 11 is 14.5. The normalized spacial score (nSPS) is 18.4. The lowest BCUT2D eigenvalue weighted by Crippen LogP contribution is -2.11. The SMILES string of the molecule is CCc1nnc([C@@H]2C(=N)S/C(=C\c3ccc(-c4ccc(Cl)c(Cl)c4)o3)C2=O)s1. The second-order valence-corrected chi connectivity index (χ2v) is 8.98. The zero-order valence-corrected chi connectivity index (χ0v) is 17.7. The standard InChI is InChI=1S/C19H13Cl2N3O2S2/c1-2-15-23-24-19(28-15)16-17(25)14(27-18(16)22)8-10-4-6-13(26-10)9-3-5-11(20)12(21)7-9/h3-8,16,22H,2H2,1H3/b14-8-,22-18?/t16-/m0/s1. The minimum Gasteiger partial charge on any atom is -0.457 e. The maximum absolute atomic E-state index is 12.8. The van der Waals surface area contributed by atoms with E-state index >= 15 is 0 Å². The van der Waals surface area contributed by atoms with Crippen LogP contribution in [0.15, 0.2) is 39.7 Å². The maximum Gasteiger partial charge on any atom is 0.186 e. The Balaban J connectivity index is 1.59. The van der Waals surface area contributed by atoms with Gasteiger partial charge in [0.1, 0.15) is 27.5 Å². The highest BCUT2D eigenvalue weighted by Crippen LogP contribution is 2.42. The number of benzene rings is 1. The average molecular weight is 450 g/mol. The molecule has 4 rings (SSSR count). The molecule has 28 heavy (non-hydrogen) atoms. The van der Waals surface area contributed by atoms with Gasteiger partial charge >= 0.3 is 0 Å². The zero-order valence-electron chi connectivity index (χ0n) is 14.5. The Kier molecular flexibility index (Phi) is 5.42. The molecule has 0 aliphatic carbocycles. The van der Waals surface area contributed by atoms with Crippen LogP contribution in [0.25, 0.3) is 17.4 Å². The van der Waals surface area contributed by atoms with Crippen molar-refractivity contribution in [2.24, 2.45) is 0 Å². The van der Waals surface area contributed by atoms with E-state index in [-0.39, 0.29) is 10.8 Å². The minimum absolute atomic E-state index is 0.152. The molecule has 0 saturated carbocycles. The lowest BCUT2D eigenvalue weighted by molar-refractivity contribution is -0.114. The predicted molar refractivity (Wildman–Crippen MR) is 114 cm³/mol. The third-order valence-corrected chi connectivity index (χ3v) is 6.99. The summed E-state index contributed by atoms with van der Waals surface area (Å²) < 4.78 is 5.83. The van der Waals surface area contributed by atoms with Crippen molar-refractivity contribution < 1.29 is 9.21 Å². The van der Waals surface area contributed by atoms with E-state index in [1.165, 1.54) is 11.3 Å². The summed E-state index contributed by atoms with van der Waals surface area (Å²) in [5.74, 6) is 0.320. The first-order valence-corrected chi connectivity index (χ1v) is 10.7. The van der Waals surface area contributed by atoms with Crippen LogP contribution in [0.1, 0.15) is 28.6 Å². The molecule has 2 aromatic heterocycles. The lowest BCUT2D eigenvalue weighted by Gasteiger charge is -2.00. The van der Waals surface area contributed by atoms with Gasteiger partial charge in [0.15, 0.2) is 5.78 Å². The summed E-state index contributed by atoms with van der Waals surface area (Å²) in [6.45, 7) is 1.98. The number of allylic oxidation sites excluding steroid dienone is 1. The fourth-order valence-electron chi connectivity index (χ4n) is 2.70. The second-order valence-electron chi connectivity index (χ2n) is 5.99. The second kappa shape index (κ2) is 7.83. The fourth-order valence-corrected chi connectivity index (χ4v) is 4.94. The third-order valence-electron chi connectivity index (χ3n) is 4.12. The number of Topliss-reactive ketones (excluding diaryl/α,β-unsaturated/α-hetero) is 1. The van der Waals surface area contributed by atoms with E-state index in [0.29, 0.717) is 31.5 Å². The molecule has 9 heteroatoms. The van der Waals surface area contributed by atoms with Crippen LogP contribution in [0.3, 0.4) is 0 Å². The molecule has 1 aliphatic rings. The zero-order chi connectivity index (χ0) is 19.8. The summed E-state index contributed by atoms with van der Waals surface area (Å²) in [7, 11) is 0. The Morgan fingerprint density at radius 3 is 2.75 bits per heavy atom. The van der Waals surface area contributed by atoms with E-state index in [2.05, 4.69) is 10.2 Å². The number of furan rings is 1. The van der Waals surface area contributed by atoms with E-state index in [0.717, 1.165) is 28.8 Å². The summed E-state index contributed by atoms with van der Waals surface area (Å²) in [4.78, 5) is 13.3. The molecular weight excluding hydrogens is 437 g/mol. The van der Waals surface area contributed by atoms with Gasteiger partial charge in [0, 0.05) is 5.56 Å². The van der Waals surface area contributed by atoms with Crippen LogP contribution in [-0.4, -0.2) is 21.0 Å². The molecule has 3 aromatic rings. The van der Waals surface area contributed by atoms with Gasteiger partial charge in [0.2, 0.25) is 0 Å². The Bertz CT molecular complexity index is 1120. The van der Waals surface area contributed by atoms with Crippen molar-refractivity contribution in [1.82, 2.24) is 10.2 Å². The van der Waals surface area contributed by atoms with Gasteiger partial charge < -0.3 is 4.42 Å². The van der Waals surface area contributed by atoms with Gasteiger partial charge in [-0.3, -0.25) is 10.2 Å². The number of aromatic nitrogens is 2. The topological polar surface area (TPSA) is 79.8 Å². The summed E-state index contributed by atoms with van der Waals surface area (Å²) in [5.41, 5.74) is 0.788. The van der Waals surface area contributed by atoms with E-state index in [1.807, 2.05) is 13.0 Å². The molecule has 1 fully saturated rings. The van der Waals surface area contributed by atoms with Crippen molar-refractivity contribution in [3.63, 3.8) is 0 Å². The fraction of sp³-hybridized carbons (Fsp3) is 0.158. The van der Waals surface area contributed by atoms with Crippen molar-refractivity contribution in [2.75, 3.05) is 0 Å². The number of nitrogens with zero attached hydrogens (tertiary/aromatic N) is 2. The molecule has 0 bridgehead atoms. The molecule has 1 aliphatic heterocycles. The number of aryl methyl sites for hydroxylation is 1. The van der Waals surface area contributed by atoms with E-state index < -0.39 is 5.92 Å². The van der Waals surface area contributed by atoms with Crippen LogP contribution in [0.4, 0.5) is 0 Å². The number of nitrogens with one attached hydrogen (secondary N) is 1. The Morgan fingerprint density at radius 2 is 2.04 bits per heavy atom. The number of carbonyl (C=O) groups is 1. The number of carbonyl (C=O) groups excluding carboxylic acids is 1. The summed E-state index contributed by atoms with van der Waals surface area (Å²) in [6.07, 6.45) is 2.41. The van der Waals surface area contributed by atoms with Crippen LogP contribution in [0.5, 0.6) is 0 Å². The quantitative estimate of drug-likeness (QED) is 0.487. The molecule has 142 valence electrons. The van der Waals surface area contributed by atoms with Crippen molar-refractivity contribution in [2.45, 2.75) is 19.3 Å². The van der Waals surface area contributed by atoms with Gasteiger partial charge in [-0.25, -0.2) is 0 Å². The van der Waals surface area contributed by atoms with Crippen molar-refractivity contribution in [1.29, 1.82) is 5.41 Å². The number of halogens is 2. The van der Waals surface area contributed by atoms with Crippen molar-refractivity contribution in [3.05, 3.63) is 61.1 Å². The highest BCUT2D eigenvalue weighted by molar-refractivity contribution is 8.19. The molecular formula is C19H13Cl2N3O2S2. The molecule has 1 atom stereocenters. The Hall–Kier alpha value is -1.93. The van der Waals surface area contributed by atoms with E-state index in [9.17, 15) is 4.79 Å². The molecule has 5 nitrogen and oxygen atoms in total. The van der Waals surface area contributed by atoms with Crippen LogP contribution in [-0.2, 0) is 11.2 Å². The molecule has 0 amide bonds. The molecule has 3 heterocycles.